The Morgan fingerprint density at radius 2 is 2.05 bits per heavy atom. The first-order valence-corrected chi connectivity index (χ1v) is 5.81. The lowest BCUT2D eigenvalue weighted by Gasteiger charge is -2.11. The van der Waals surface area contributed by atoms with Crippen LogP contribution in [0.5, 0.6) is 0 Å². The van der Waals surface area contributed by atoms with Crippen molar-refractivity contribution in [2.24, 2.45) is 0 Å². The lowest BCUT2D eigenvalue weighted by atomic mass is 10.1. The van der Waals surface area contributed by atoms with Gasteiger partial charge in [-0.25, -0.2) is 4.39 Å². The molecule has 0 saturated heterocycles. The van der Waals surface area contributed by atoms with Crippen molar-refractivity contribution in [2.45, 2.75) is 6.92 Å². The molecule has 0 bridgehead atoms. The number of hydrogen-bond acceptors (Lipinski definition) is 3. The topological polar surface area (TPSA) is 54.0 Å². The minimum atomic E-state index is -0.388. The van der Waals surface area contributed by atoms with Crippen molar-refractivity contribution in [3.8, 4) is 0 Å². The van der Waals surface area contributed by atoms with Gasteiger partial charge in [-0.3, -0.25) is 9.78 Å². The molecular formula is C14H14FN3O. The summed E-state index contributed by atoms with van der Waals surface area (Å²) >= 11 is 0. The van der Waals surface area contributed by atoms with E-state index in [9.17, 15) is 9.18 Å². The van der Waals surface area contributed by atoms with Gasteiger partial charge in [-0.15, -0.1) is 0 Å². The van der Waals surface area contributed by atoms with Crippen LogP contribution in [0, 0.1) is 12.7 Å². The molecule has 0 radical (unpaired) electrons. The van der Waals surface area contributed by atoms with Gasteiger partial charge < -0.3 is 10.6 Å². The van der Waals surface area contributed by atoms with Crippen LogP contribution in [0.3, 0.4) is 0 Å². The highest BCUT2D eigenvalue weighted by Gasteiger charge is 2.12. The van der Waals surface area contributed by atoms with E-state index in [0.29, 0.717) is 16.9 Å². The maximum Gasteiger partial charge on any atom is 0.259 e. The molecule has 1 heterocycles. The Labute approximate surface area is 110 Å². The van der Waals surface area contributed by atoms with E-state index >= 15 is 0 Å². The van der Waals surface area contributed by atoms with Crippen LogP contribution in [0.25, 0.3) is 0 Å². The molecule has 1 aromatic carbocycles. The fourth-order valence-corrected chi connectivity index (χ4v) is 1.71. The van der Waals surface area contributed by atoms with E-state index in [1.165, 1.54) is 18.3 Å². The van der Waals surface area contributed by atoms with E-state index < -0.39 is 0 Å². The number of pyridine rings is 1. The fraction of sp³-hybridized carbons (Fsp3) is 0.143. The highest BCUT2D eigenvalue weighted by molar-refractivity contribution is 6.08. The third kappa shape index (κ3) is 2.88. The number of hydrogen-bond donors (Lipinski definition) is 2. The largest absolute Gasteiger partial charge is 0.387 e. The van der Waals surface area contributed by atoms with Crippen LogP contribution in [0.1, 0.15) is 15.9 Å². The number of aryl methyl sites for hydroxylation is 1. The van der Waals surface area contributed by atoms with Gasteiger partial charge in [0.05, 0.1) is 5.56 Å². The van der Waals surface area contributed by atoms with Crippen molar-refractivity contribution in [3.63, 3.8) is 0 Å². The van der Waals surface area contributed by atoms with Crippen molar-refractivity contribution in [3.05, 3.63) is 53.6 Å². The Morgan fingerprint density at radius 1 is 1.26 bits per heavy atom. The summed E-state index contributed by atoms with van der Waals surface area (Å²) in [4.78, 5) is 16.1. The monoisotopic (exact) mass is 259 g/mol. The fourth-order valence-electron chi connectivity index (χ4n) is 1.71. The summed E-state index contributed by atoms with van der Waals surface area (Å²) in [7, 11) is 1.72. The molecule has 1 aromatic heterocycles. The molecule has 2 rings (SSSR count). The SMILES string of the molecule is CNc1ccncc1C(=O)Nc1cc(F)ccc1C. The van der Waals surface area contributed by atoms with Gasteiger partial charge in [-0.2, -0.15) is 0 Å². The molecular weight excluding hydrogens is 245 g/mol. The van der Waals surface area contributed by atoms with E-state index in [2.05, 4.69) is 15.6 Å². The van der Waals surface area contributed by atoms with Crippen LogP contribution >= 0.6 is 0 Å². The zero-order valence-corrected chi connectivity index (χ0v) is 10.7. The van der Waals surface area contributed by atoms with E-state index in [-0.39, 0.29) is 11.7 Å². The quantitative estimate of drug-likeness (QED) is 0.891. The number of aromatic nitrogens is 1. The first-order chi connectivity index (χ1) is 9.11. The highest BCUT2D eigenvalue weighted by atomic mass is 19.1. The summed E-state index contributed by atoms with van der Waals surface area (Å²) in [6.07, 6.45) is 3.06. The minimum absolute atomic E-state index is 0.328. The first-order valence-electron chi connectivity index (χ1n) is 5.81. The summed E-state index contributed by atoms with van der Waals surface area (Å²) in [6, 6.07) is 5.97. The molecule has 5 heteroatoms. The highest BCUT2D eigenvalue weighted by Crippen LogP contribution is 2.19. The number of nitrogens with zero attached hydrogens (tertiary/aromatic N) is 1. The lowest BCUT2D eigenvalue weighted by molar-refractivity contribution is 0.102. The second-order valence-corrected chi connectivity index (χ2v) is 4.08. The normalized spacial score (nSPS) is 10.1. The molecule has 0 unspecified atom stereocenters. The summed E-state index contributed by atoms with van der Waals surface area (Å²) in [5.41, 5.74) is 2.33. The van der Waals surface area contributed by atoms with Gasteiger partial charge in [-0.05, 0) is 30.7 Å². The van der Waals surface area contributed by atoms with Crippen LogP contribution in [-0.4, -0.2) is 17.9 Å². The van der Waals surface area contributed by atoms with Crippen LogP contribution in [-0.2, 0) is 0 Å². The zero-order valence-electron chi connectivity index (χ0n) is 10.7. The number of nitrogens with one attached hydrogen (secondary N) is 2. The van der Waals surface area contributed by atoms with Crippen LogP contribution < -0.4 is 10.6 Å². The van der Waals surface area contributed by atoms with Gasteiger partial charge in [0.1, 0.15) is 5.82 Å². The van der Waals surface area contributed by atoms with E-state index in [4.69, 9.17) is 0 Å². The molecule has 0 saturated carbocycles. The molecule has 2 aromatic rings. The predicted molar refractivity (Wildman–Crippen MR) is 72.9 cm³/mol. The average Bonchev–Trinajstić information content (AvgIpc) is 2.42. The Morgan fingerprint density at radius 3 is 2.79 bits per heavy atom. The second kappa shape index (κ2) is 5.48. The van der Waals surface area contributed by atoms with Gasteiger partial charge in [0, 0.05) is 30.8 Å². The third-order valence-corrected chi connectivity index (χ3v) is 2.78. The average molecular weight is 259 g/mol. The molecule has 1 amide bonds. The Kier molecular flexibility index (Phi) is 3.75. The molecule has 4 nitrogen and oxygen atoms in total. The number of carbonyl (C=O) groups is 1. The van der Waals surface area contributed by atoms with Crippen LogP contribution in [0.2, 0.25) is 0 Å². The van der Waals surface area contributed by atoms with Crippen molar-refractivity contribution in [1.82, 2.24) is 4.98 Å². The Balaban J connectivity index is 2.28. The molecule has 19 heavy (non-hydrogen) atoms. The van der Waals surface area contributed by atoms with Gasteiger partial charge >= 0.3 is 0 Å². The van der Waals surface area contributed by atoms with E-state index in [1.54, 1.807) is 32.3 Å². The Hall–Kier alpha value is -2.43. The number of anilines is 2. The molecule has 0 fully saturated rings. The lowest BCUT2D eigenvalue weighted by Crippen LogP contribution is -2.15. The van der Waals surface area contributed by atoms with Crippen molar-refractivity contribution in [1.29, 1.82) is 0 Å². The van der Waals surface area contributed by atoms with Crippen molar-refractivity contribution in [2.75, 3.05) is 17.7 Å². The van der Waals surface area contributed by atoms with E-state index in [0.717, 1.165) is 5.56 Å². The number of halogens is 1. The second-order valence-electron chi connectivity index (χ2n) is 4.08. The van der Waals surface area contributed by atoms with Crippen molar-refractivity contribution < 1.29 is 9.18 Å². The molecule has 98 valence electrons. The van der Waals surface area contributed by atoms with Gasteiger partial charge in [-0.1, -0.05) is 6.07 Å². The smallest absolute Gasteiger partial charge is 0.259 e. The van der Waals surface area contributed by atoms with Crippen LogP contribution in [0.15, 0.2) is 36.7 Å². The van der Waals surface area contributed by atoms with E-state index in [1.807, 2.05) is 0 Å². The summed E-state index contributed by atoms with van der Waals surface area (Å²) in [5.74, 6) is -0.716. The summed E-state index contributed by atoms with van der Waals surface area (Å²) < 4.78 is 13.2. The molecule has 0 aliphatic carbocycles. The summed E-state index contributed by atoms with van der Waals surface area (Å²) in [5, 5.41) is 5.60. The molecule has 0 spiro atoms. The number of carbonyl (C=O) groups excluding carboxylic acids is 1. The molecule has 2 N–H and O–H groups in total. The summed E-state index contributed by atoms with van der Waals surface area (Å²) in [6.45, 7) is 1.80. The van der Waals surface area contributed by atoms with Gasteiger partial charge in [0.25, 0.3) is 5.91 Å². The standard InChI is InChI=1S/C14H14FN3O/c1-9-3-4-10(15)7-13(9)18-14(19)11-8-17-6-5-12(11)16-2/h3-8H,1-2H3,(H,16,17)(H,18,19). The maximum atomic E-state index is 13.2. The van der Waals surface area contributed by atoms with Crippen molar-refractivity contribution >= 4 is 17.3 Å². The van der Waals surface area contributed by atoms with Crippen LogP contribution in [0.4, 0.5) is 15.8 Å². The zero-order chi connectivity index (χ0) is 13.8. The Bertz CT molecular complexity index is 613. The molecule has 0 aliphatic heterocycles. The molecule has 0 aliphatic rings. The minimum Gasteiger partial charge on any atom is -0.387 e. The predicted octanol–water partition coefficient (Wildman–Crippen LogP) is 2.82. The maximum absolute atomic E-state index is 13.2. The number of rotatable bonds is 3. The number of benzene rings is 1. The third-order valence-electron chi connectivity index (χ3n) is 2.78. The molecule has 0 atom stereocenters. The first kappa shape index (κ1) is 13.0. The van der Waals surface area contributed by atoms with Gasteiger partial charge in [0.15, 0.2) is 0 Å². The number of amides is 1. The van der Waals surface area contributed by atoms with Gasteiger partial charge in [0.2, 0.25) is 0 Å².